The Morgan fingerprint density at radius 3 is 2.67 bits per heavy atom. The molecule has 1 heterocycles. The van der Waals surface area contributed by atoms with Crippen LogP contribution in [0.5, 0.6) is 5.75 Å². The van der Waals surface area contributed by atoms with Gasteiger partial charge in [0, 0.05) is 18.7 Å². The number of ether oxygens (including phenoxy) is 1. The Bertz CT molecular complexity index is 548. The van der Waals surface area contributed by atoms with E-state index in [9.17, 15) is 4.79 Å². The summed E-state index contributed by atoms with van der Waals surface area (Å²) in [6.45, 7) is 7.04. The first-order chi connectivity index (χ1) is 10.0. The molecule has 1 aliphatic rings. The van der Waals surface area contributed by atoms with Crippen molar-refractivity contribution in [2.45, 2.75) is 39.7 Å². The molecule has 5 heteroatoms. The maximum Gasteiger partial charge on any atom is 0.263 e. The van der Waals surface area contributed by atoms with E-state index in [4.69, 9.17) is 9.94 Å². The van der Waals surface area contributed by atoms with Crippen LogP contribution in [0, 0.1) is 6.92 Å². The highest BCUT2D eigenvalue weighted by molar-refractivity contribution is 6.01. The molecule has 2 rings (SSSR count). The quantitative estimate of drug-likeness (QED) is 0.526. The van der Waals surface area contributed by atoms with Crippen molar-refractivity contribution >= 4 is 11.6 Å². The largest absolute Gasteiger partial charge is 0.480 e. The minimum atomic E-state index is -0.545. The van der Waals surface area contributed by atoms with Crippen molar-refractivity contribution in [2.24, 2.45) is 5.16 Å². The number of carbonyl (C=O) groups excluding carboxylic acids is 1. The van der Waals surface area contributed by atoms with Crippen molar-refractivity contribution in [3.63, 3.8) is 0 Å². The number of aryl methyl sites for hydroxylation is 1. The summed E-state index contributed by atoms with van der Waals surface area (Å²) in [5.74, 6) is 0.577. The second-order valence-corrected chi connectivity index (χ2v) is 5.48. The van der Waals surface area contributed by atoms with E-state index in [2.05, 4.69) is 5.16 Å². The molecule has 1 atom stereocenters. The monoisotopic (exact) mass is 290 g/mol. The van der Waals surface area contributed by atoms with E-state index in [-0.39, 0.29) is 5.91 Å². The Balaban J connectivity index is 2.16. The lowest BCUT2D eigenvalue weighted by Crippen LogP contribution is -2.38. The molecule has 0 bridgehead atoms. The molecule has 114 valence electrons. The normalized spacial score (nSPS) is 16.9. The van der Waals surface area contributed by atoms with Gasteiger partial charge < -0.3 is 14.8 Å². The van der Waals surface area contributed by atoms with Crippen LogP contribution in [0.3, 0.4) is 0 Å². The minimum Gasteiger partial charge on any atom is -0.480 e. The molecular weight excluding hydrogens is 268 g/mol. The Kier molecular flexibility index (Phi) is 4.83. The number of hydrogen-bond acceptors (Lipinski definition) is 4. The van der Waals surface area contributed by atoms with E-state index >= 15 is 0 Å². The summed E-state index contributed by atoms with van der Waals surface area (Å²) in [7, 11) is 0. The lowest BCUT2D eigenvalue weighted by atomic mass is 10.1. The van der Waals surface area contributed by atoms with E-state index in [0.29, 0.717) is 17.0 Å². The number of hydrogen-bond donors (Lipinski definition) is 1. The fourth-order valence-electron chi connectivity index (χ4n) is 2.52. The van der Waals surface area contributed by atoms with Gasteiger partial charge in [-0.05, 0) is 45.7 Å². The predicted octanol–water partition coefficient (Wildman–Crippen LogP) is 2.58. The molecule has 1 fully saturated rings. The lowest BCUT2D eigenvalue weighted by molar-refractivity contribution is -0.136. The van der Waals surface area contributed by atoms with Crippen molar-refractivity contribution in [2.75, 3.05) is 13.1 Å². The van der Waals surface area contributed by atoms with Crippen molar-refractivity contribution < 1.29 is 14.7 Å². The average Bonchev–Trinajstić information content (AvgIpc) is 3.01. The number of nitrogens with zero attached hydrogens (tertiary/aromatic N) is 2. The summed E-state index contributed by atoms with van der Waals surface area (Å²) >= 11 is 0. The molecule has 0 aliphatic carbocycles. The van der Waals surface area contributed by atoms with Crippen LogP contribution < -0.4 is 4.74 Å². The first kappa shape index (κ1) is 15.4. The van der Waals surface area contributed by atoms with Gasteiger partial charge in [-0.15, -0.1) is 0 Å². The zero-order valence-electron chi connectivity index (χ0n) is 12.8. The Morgan fingerprint density at radius 2 is 2.05 bits per heavy atom. The molecule has 1 aromatic carbocycles. The molecule has 1 aromatic rings. The fraction of sp³-hybridized carbons (Fsp3) is 0.500. The van der Waals surface area contributed by atoms with Gasteiger partial charge in [0.25, 0.3) is 5.91 Å². The minimum absolute atomic E-state index is 0.0117. The number of oxime groups is 1. The van der Waals surface area contributed by atoms with Gasteiger partial charge in [-0.3, -0.25) is 4.79 Å². The second-order valence-electron chi connectivity index (χ2n) is 5.48. The van der Waals surface area contributed by atoms with Gasteiger partial charge in [-0.1, -0.05) is 16.8 Å². The Morgan fingerprint density at radius 1 is 1.38 bits per heavy atom. The smallest absolute Gasteiger partial charge is 0.263 e. The zero-order chi connectivity index (χ0) is 15.4. The molecule has 21 heavy (non-hydrogen) atoms. The van der Waals surface area contributed by atoms with Gasteiger partial charge in [0.05, 0.1) is 5.71 Å². The third kappa shape index (κ3) is 3.54. The standard InChI is InChI=1S/C16H22N2O3/c1-11-6-7-15(14(10-11)12(2)17-20)21-13(3)16(19)18-8-4-5-9-18/h6-7,10,13,20H,4-5,8-9H2,1-3H3/b17-12+. The summed E-state index contributed by atoms with van der Waals surface area (Å²) in [5.41, 5.74) is 2.21. The summed E-state index contributed by atoms with van der Waals surface area (Å²) in [5, 5.41) is 12.2. The first-order valence-electron chi connectivity index (χ1n) is 7.28. The van der Waals surface area contributed by atoms with Gasteiger partial charge in [-0.2, -0.15) is 0 Å². The van der Waals surface area contributed by atoms with Crippen molar-refractivity contribution in [1.82, 2.24) is 4.90 Å². The summed E-state index contributed by atoms with van der Waals surface area (Å²) in [6.07, 6.45) is 1.57. The number of carbonyl (C=O) groups is 1. The van der Waals surface area contributed by atoms with Crippen LogP contribution in [0.1, 0.15) is 37.8 Å². The average molecular weight is 290 g/mol. The molecule has 1 amide bonds. The van der Waals surface area contributed by atoms with Crippen LogP contribution in [0.4, 0.5) is 0 Å². The van der Waals surface area contributed by atoms with Gasteiger partial charge >= 0.3 is 0 Å². The summed E-state index contributed by atoms with van der Waals surface area (Å²) in [4.78, 5) is 14.1. The molecule has 0 saturated carbocycles. The van der Waals surface area contributed by atoms with E-state index in [0.717, 1.165) is 31.5 Å². The van der Waals surface area contributed by atoms with Crippen LogP contribution in [0.2, 0.25) is 0 Å². The fourth-order valence-corrected chi connectivity index (χ4v) is 2.52. The van der Waals surface area contributed by atoms with E-state index in [1.165, 1.54) is 0 Å². The molecule has 1 aliphatic heterocycles. The van der Waals surface area contributed by atoms with Crippen molar-refractivity contribution in [3.8, 4) is 5.75 Å². The third-order valence-corrected chi connectivity index (χ3v) is 3.74. The maximum absolute atomic E-state index is 12.3. The van der Waals surface area contributed by atoms with Gasteiger partial charge in [0.2, 0.25) is 0 Å². The van der Waals surface area contributed by atoms with E-state index in [1.54, 1.807) is 13.8 Å². The topological polar surface area (TPSA) is 62.1 Å². The van der Waals surface area contributed by atoms with E-state index in [1.807, 2.05) is 30.0 Å². The molecule has 1 N–H and O–H groups in total. The Hall–Kier alpha value is -2.04. The van der Waals surface area contributed by atoms with Crippen LogP contribution in [-0.2, 0) is 4.79 Å². The van der Waals surface area contributed by atoms with E-state index < -0.39 is 6.10 Å². The molecule has 0 spiro atoms. The molecular formula is C16H22N2O3. The number of likely N-dealkylation sites (tertiary alicyclic amines) is 1. The lowest BCUT2D eigenvalue weighted by Gasteiger charge is -2.22. The highest BCUT2D eigenvalue weighted by Crippen LogP contribution is 2.23. The highest BCUT2D eigenvalue weighted by Gasteiger charge is 2.25. The summed E-state index contributed by atoms with van der Waals surface area (Å²) in [6, 6.07) is 5.61. The van der Waals surface area contributed by atoms with Gasteiger partial charge in [0.15, 0.2) is 6.10 Å². The first-order valence-corrected chi connectivity index (χ1v) is 7.28. The van der Waals surface area contributed by atoms with Crippen molar-refractivity contribution in [1.29, 1.82) is 0 Å². The molecule has 0 aromatic heterocycles. The number of amides is 1. The third-order valence-electron chi connectivity index (χ3n) is 3.74. The van der Waals surface area contributed by atoms with Crippen molar-refractivity contribution in [3.05, 3.63) is 29.3 Å². The second kappa shape index (κ2) is 6.61. The van der Waals surface area contributed by atoms with Crippen LogP contribution in [-0.4, -0.2) is 40.9 Å². The maximum atomic E-state index is 12.3. The molecule has 1 unspecified atom stereocenters. The number of rotatable bonds is 4. The highest BCUT2D eigenvalue weighted by atomic mass is 16.5. The van der Waals surface area contributed by atoms with Crippen LogP contribution in [0.25, 0.3) is 0 Å². The number of benzene rings is 1. The SMILES string of the molecule is C/C(=N\O)c1cc(C)ccc1OC(C)C(=O)N1CCCC1. The van der Waals surface area contributed by atoms with Crippen LogP contribution in [0.15, 0.2) is 23.4 Å². The predicted molar refractivity (Wildman–Crippen MR) is 81.1 cm³/mol. The van der Waals surface area contributed by atoms with Gasteiger partial charge in [-0.25, -0.2) is 0 Å². The van der Waals surface area contributed by atoms with Crippen LogP contribution >= 0.6 is 0 Å². The van der Waals surface area contributed by atoms with Gasteiger partial charge in [0.1, 0.15) is 5.75 Å². The molecule has 5 nitrogen and oxygen atoms in total. The Labute approximate surface area is 125 Å². The zero-order valence-corrected chi connectivity index (χ0v) is 12.8. The molecule has 0 radical (unpaired) electrons. The summed E-state index contributed by atoms with van der Waals surface area (Å²) < 4.78 is 5.81. The molecule has 1 saturated heterocycles.